The number of aromatic amines is 1. The number of ether oxygens (including phenoxy) is 1. The van der Waals surface area contributed by atoms with Crippen molar-refractivity contribution in [2.75, 3.05) is 0 Å². The summed E-state index contributed by atoms with van der Waals surface area (Å²) in [6.07, 6.45) is -0.213. The van der Waals surface area contributed by atoms with Gasteiger partial charge in [0.2, 0.25) is 0 Å². The third kappa shape index (κ3) is 6.58. The topological polar surface area (TPSA) is 131 Å². The van der Waals surface area contributed by atoms with E-state index in [9.17, 15) is 22.9 Å². The summed E-state index contributed by atoms with van der Waals surface area (Å²) < 4.78 is 47.0. The van der Waals surface area contributed by atoms with Crippen molar-refractivity contribution in [3.05, 3.63) is 40.3 Å². The Balaban J connectivity index is 2.52. The zero-order valence-electron chi connectivity index (χ0n) is 19.9. The number of imidazole rings is 1. The van der Waals surface area contributed by atoms with Crippen LogP contribution in [0, 0.1) is 6.92 Å². The van der Waals surface area contributed by atoms with Crippen molar-refractivity contribution in [3.63, 3.8) is 0 Å². The Morgan fingerprint density at radius 1 is 1.24 bits per heavy atom. The molecule has 0 saturated heterocycles. The molecule has 0 saturated carbocycles. The molecule has 11 heteroatoms. The van der Waals surface area contributed by atoms with Gasteiger partial charge in [0.05, 0.1) is 12.1 Å². The summed E-state index contributed by atoms with van der Waals surface area (Å²) in [5.74, 6) is -0.765. The average Bonchev–Trinajstić information content (AvgIpc) is 3.04. The van der Waals surface area contributed by atoms with Crippen LogP contribution in [0.1, 0.15) is 81.6 Å². The monoisotopic (exact) mass is 486 g/mol. The van der Waals surface area contributed by atoms with E-state index in [1.54, 1.807) is 6.92 Å². The van der Waals surface area contributed by atoms with Crippen LogP contribution in [-0.4, -0.2) is 31.8 Å². The van der Waals surface area contributed by atoms with E-state index in [0.29, 0.717) is 16.7 Å². The molecule has 0 radical (unpaired) electrons. The highest BCUT2D eigenvalue weighted by Gasteiger charge is 2.26. The first-order chi connectivity index (χ1) is 15.0. The van der Waals surface area contributed by atoms with Gasteiger partial charge in [-0.15, -0.1) is 4.36 Å². The summed E-state index contributed by atoms with van der Waals surface area (Å²) in [4.78, 5) is 19.7. The number of carbonyl (C=O) groups excluding carboxylic acids is 1. The molecule has 1 amide bonds. The lowest BCUT2D eigenvalue weighted by atomic mass is 9.86. The van der Waals surface area contributed by atoms with E-state index in [1.165, 1.54) is 26.0 Å². The van der Waals surface area contributed by atoms with Crippen LogP contribution in [0.4, 0.5) is 8.78 Å². The van der Waals surface area contributed by atoms with Gasteiger partial charge in [0.25, 0.3) is 5.91 Å². The van der Waals surface area contributed by atoms with E-state index in [0.717, 1.165) is 0 Å². The number of H-pyrrole nitrogens is 1. The Morgan fingerprint density at radius 3 is 2.15 bits per heavy atom. The number of carbonyl (C=O) groups is 1. The summed E-state index contributed by atoms with van der Waals surface area (Å²) in [5, 5.41) is 16.0. The van der Waals surface area contributed by atoms with Gasteiger partial charge in [0, 0.05) is 0 Å². The van der Waals surface area contributed by atoms with Gasteiger partial charge in [-0.3, -0.25) is 4.79 Å². The molecule has 8 nitrogen and oxygen atoms in total. The first kappa shape index (κ1) is 26.9. The van der Waals surface area contributed by atoms with E-state index in [4.69, 9.17) is 5.14 Å². The van der Waals surface area contributed by atoms with Crippen LogP contribution in [0.25, 0.3) is 0 Å². The largest absolute Gasteiger partial charge is 0.435 e. The van der Waals surface area contributed by atoms with Gasteiger partial charge < -0.3 is 14.8 Å². The molecule has 0 aliphatic carbocycles. The number of benzene rings is 1. The number of nitrogens with two attached hydrogens (primary N) is 1. The molecule has 1 aromatic heterocycles. The van der Waals surface area contributed by atoms with Crippen LogP contribution in [0.3, 0.4) is 0 Å². The molecule has 1 heterocycles. The van der Waals surface area contributed by atoms with E-state index < -0.39 is 28.0 Å². The second-order valence-electron chi connectivity index (χ2n) is 9.06. The molecule has 1 atom stereocenters. The zero-order chi connectivity index (χ0) is 25.3. The van der Waals surface area contributed by atoms with Crippen molar-refractivity contribution in [3.8, 4) is 5.75 Å². The number of halogens is 2. The highest BCUT2D eigenvalue weighted by Crippen LogP contribution is 2.34. The second-order valence-corrected chi connectivity index (χ2v) is 10.8. The maximum atomic E-state index is 13.1. The molecular weight excluding hydrogens is 454 g/mol. The molecule has 1 unspecified atom stereocenters. The van der Waals surface area contributed by atoms with Crippen molar-refractivity contribution in [1.82, 2.24) is 9.97 Å². The van der Waals surface area contributed by atoms with Crippen LogP contribution in [0.15, 0.2) is 21.5 Å². The number of nitrogens with zero attached hydrogens (tertiary/aromatic N) is 2. The van der Waals surface area contributed by atoms with Crippen LogP contribution >= 0.6 is 0 Å². The molecule has 4 N–H and O–H groups in total. The Kier molecular flexibility index (Phi) is 8.03. The number of nitrogens with one attached hydrogen (secondary N) is 1. The lowest BCUT2D eigenvalue weighted by Crippen LogP contribution is -2.20. The third-order valence-corrected chi connectivity index (χ3v) is 6.50. The maximum Gasteiger partial charge on any atom is 0.387 e. The second kappa shape index (κ2) is 9.86. The van der Waals surface area contributed by atoms with Crippen molar-refractivity contribution in [2.45, 2.75) is 84.0 Å². The molecule has 0 bridgehead atoms. The fraction of sp³-hybridized carbons (Fsp3) is 0.545. The van der Waals surface area contributed by atoms with Gasteiger partial charge in [-0.2, -0.15) is 8.78 Å². The van der Waals surface area contributed by atoms with Crippen molar-refractivity contribution >= 4 is 15.8 Å². The van der Waals surface area contributed by atoms with Crippen LogP contribution in [0.5, 0.6) is 5.75 Å². The van der Waals surface area contributed by atoms with Crippen LogP contribution < -0.4 is 9.88 Å². The van der Waals surface area contributed by atoms with Crippen LogP contribution in [-0.2, 0) is 26.7 Å². The predicted octanol–water partition coefficient (Wildman–Crippen LogP) is 4.26. The smallest absolute Gasteiger partial charge is 0.387 e. The molecule has 2 rings (SSSR count). The number of rotatable bonds is 8. The molecule has 0 aliphatic rings. The molecule has 184 valence electrons. The maximum absolute atomic E-state index is 13.1. The fourth-order valence-corrected chi connectivity index (χ4v) is 4.66. The Bertz CT molecular complexity index is 1110. The fourth-order valence-electron chi connectivity index (χ4n) is 3.49. The summed E-state index contributed by atoms with van der Waals surface area (Å²) in [5.41, 5.74) is 0.861. The summed E-state index contributed by atoms with van der Waals surface area (Å²) >= 11 is 0. The molecule has 33 heavy (non-hydrogen) atoms. The SMILES string of the molecule is Cc1nc(C(C)(C)O)[nH]c1S(N)(=O)=NC(=O)Cc1c(C(C)C)cc(OC(F)F)cc1C(C)C. The number of aryl methyl sites for hydroxylation is 1. The van der Waals surface area contributed by atoms with E-state index in [1.807, 2.05) is 27.7 Å². The minimum Gasteiger partial charge on any atom is -0.435 e. The molecular formula is C22H32F2N4O4S. The van der Waals surface area contributed by atoms with Gasteiger partial charge >= 0.3 is 6.61 Å². The first-order valence-corrected chi connectivity index (χ1v) is 12.1. The number of amides is 1. The molecule has 1 aromatic carbocycles. The molecule has 0 aliphatic heterocycles. The van der Waals surface area contributed by atoms with Crippen molar-refractivity contribution < 1.29 is 27.6 Å². The highest BCUT2D eigenvalue weighted by atomic mass is 32.2. The van der Waals surface area contributed by atoms with E-state index in [2.05, 4.69) is 19.1 Å². The van der Waals surface area contributed by atoms with E-state index >= 15 is 0 Å². The minimum atomic E-state index is -3.67. The van der Waals surface area contributed by atoms with Gasteiger partial charge in [0.15, 0.2) is 14.9 Å². The number of aliphatic hydroxyl groups is 1. The lowest BCUT2D eigenvalue weighted by molar-refractivity contribution is -0.117. The number of hydrogen-bond donors (Lipinski definition) is 3. The van der Waals surface area contributed by atoms with Gasteiger partial charge in [-0.05, 0) is 61.4 Å². The number of alkyl halides is 2. The summed E-state index contributed by atoms with van der Waals surface area (Å²) in [6.45, 7) is 9.05. The Hall–Kier alpha value is -2.37. The van der Waals surface area contributed by atoms with Gasteiger partial charge in [-0.1, -0.05) is 27.7 Å². The number of hydrogen-bond acceptors (Lipinski definition) is 5. The summed E-state index contributed by atoms with van der Waals surface area (Å²) in [6, 6.07) is 2.97. The number of aromatic nitrogens is 2. The predicted molar refractivity (Wildman–Crippen MR) is 122 cm³/mol. The normalized spacial score (nSPS) is 14.1. The van der Waals surface area contributed by atoms with Crippen molar-refractivity contribution in [2.24, 2.45) is 9.50 Å². The lowest BCUT2D eigenvalue weighted by Gasteiger charge is -2.21. The third-order valence-electron chi connectivity index (χ3n) is 5.04. The first-order valence-electron chi connectivity index (χ1n) is 10.5. The van der Waals surface area contributed by atoms with Crippen LogP contribution in [0.2, 0.25) is 0 Å². The Labute approximate surface area is 193 Å². The van der Waals surface area contributed by atoms with Gasteiger partial charge in [0.1, 0.15) is 17.2 Å². The zero-order valence-corrected chi connectivity index (χ0v) is 20.7. The van der Waals surface area contributed by atoms with E-state index in [-0.39, 0.29) is 40.6 Å². The molecule has 0 spiro atoms. The summed E-state index contributed by atoms with van der Waals surface area (Å²) in [7, 11) is -3.67. The highest BCUT2D eigenvalue weighted by molar-refractivity contribution is 7.91. The molecule has 0 fully saturated rings. The average molecular weight is 487 g/mol. The standard InChI is InChI=1S/C22H32F2N4O4S/c1-11(2)15-8-14(32-21(23)24)9-16(12(3)4)17(15)10-18(29)28-33(25,31)19-13(5)26-20(27-19)22(6,7)30/h8-9,11-12,21,30H,10H2,1-7H3,(H,26,27)(H2,25,28,29,31). The van der Waals surface area contributed by atoms with Gasteiger partial charge in [-0.25, -0.2) is 14.3 Å². The minimum absolute atomic E-state index is 0.0143. The Morgan fingerprint density at radius 2 is 1.76 bits per heavy atom. The molecule has 2 aromatic rings. The van der Waals surface area contributed by atoms with Crippen molar-refractivity contribution in [1.29, 1.82) is 0 Å². The quantitative estimate of drug-likeness (QED) is 0.513.